The van der Waals surface area contributed by atoms with Crippen molar-refractivity contribution in [3.05, 3.63) is 16.3 Å². The van der Waals surface area contributed by atoms with E-state index >= 15 is 0 Å². The molecule has 1 fully saturated rings. The number of hydrogen-bond acceptors (Lipinski definition) is 3. The highest BCUT2D eigenvalue weighted by molar-refractivity contribution is 7.10. The predicted octanol–water partition coefficient (Wildman–Crippen LogP) is 2.47. The van der Waals surface area contributed by atoms with E-state index in [0.717, 1.165) is 12.5 Å². The number of piperidine rings is 1. The third-order valence-corrected chi connectivity index (χ3v) is 3.74. The molecule has 0 aromatic carbocycles. The molecule has 1 saturated heterocycles. The van der Waals surface area contributed by atoms with Gasteiger partial charge >= 0.3 is 0 Å². The Morgan fingerprint density at radius 3 is 2.93 bits per heavy atom. The second kappa shape index (κ2) is 4.80. The predicted molar refractivity (Wildman–Crippen MR) is 63.1 cm³/mol. The first kappa shape index (κ1) is 9.99. The highest BCUT2D eigenvalue weighted by Crippen LogP contribution is 2.21. The topological polar surface area (TPSA) is 24.1 Å². The van der Waals surface area contributed by atoms with E-state index < -0.39 is 0 Å². The van der Waals surface area contributed by atoms with Crippen LogP contribution in [0.1, 0.15) is 17.7 Å². The van der Waals surface area contributed by atoms with E-state index in [9.17, 15) is 0 Å². The molecule has 1 aromatic rings. The summed E-state index contributed by atoms with van der Waals surface area (Å²) >= 11 is 1.82. The van der Waals surface area contributed by atoms with E-state index in [1.807, 2.05) is 11.3 Å². The van der Waals surface area contributed by atoms with Gasteiger partial charge in [-0.15, -0.1) is 11.3 Å². The van der Waals surface area contributed by atoms with Crippen LogP contribution < -0.4 is 10.6 Å². The maximum absolute atomic E-state index is 3.55. The van der Waals surface area contributed by atoms with Crippen molar-refractivity contribution >= 4 is 17.0 Å². The van der Waals surface area contributed by atoms with Gasteiger partial charge in [-0.1, -0.05) is 0 Å². The fourth-order valence-corrected chi connectivity index (χ4v) is 2.58. The van der Waals surface area contributed by atoms with Gasteiger partial charge in [0.05, 0.1) is 0 Å². The van der Waals surface area contributed by atoms with E-state index in [1.54, 1.807) is 0 Å². The molecule has 0 unspecified atom stereocenters. The Kier molecular flexibility index (Phi) is 3.43. The van der Waals surface area contributed by atoms with Crippen molar-refractivity contribution in [3.8, 4) is 0 Å². The summed E-state index contributed by atoms with van der Waals surface area (Å²) in [5, 5.41) is 9.09. The summed E-state index contributed by atoms with van der Waals surface area (Å²) in [5.41, 5.74) is 1.33. The second-order valence-electron chi connectivity index (χ2n) is 3.96. The quantitative estimate of drug-likeness (QED) is 0.801. The number of hydrogen-bond donors (Lipinski definition) is 2. The summed E-state index contributed by atoms with van der Waals surface area (Å²) in [6.45, 7) is 5.69. The van der Waals surface area contributed by atoms with Crippen LogP contribution in [0.15, 0.2) is 11.4 Å². The number of thiophene rings is 1. The molecule has 14 heavy (non-hydrogen) atoms. The zero-order chi connectivity index (χ0) is 9.80. The Bertz CT molecular complexity index is 277. The lowest BCUT2D eigenvalue weighted by atomic mass is 9.98. The van der Waals surface area contributed by atoms with Gasteiger partial charge in [0, 0.05) is 17.1 Å². The van der Waals surface area contributed by atoms with Crippen molar-refractivity contribution in [3.63, 3.8) is 0 Å². The first-order valence-electron chi connectivity index (χ1n) is 5.35. The molecule has 0 spiro atoms. The lowest BCUT2D eigenvalue weighted by Gasteiger charge is -2.23. The first-order chi connectivity index (χ1) is 6.86. The normalized spacial score (nSPS) is 18.4. The van der Waals surface area contributed by atoms with Crippen molar-refractivity contribution in [2.45, 2.75) is 19.8 Å². The summed E-state index contributed by atoms with van der Waals surface area (Å²) in [5.74, 6) is 0.857. The Labute approximate surface area is 89.7 Å². The molecule has 0 bridgehead atoms. The van der Waals surface area contributed by atoms with Crippen molar-refractivity contribution in [1.29, 1.82) is 0 Å². The Morgan fingerprint density at radius 1 is 1.50 bits per heavy atom. The SMILES string of the molecule is Cc1sccc1NCC1CCNCC1. The molecule has 0 amide bonds. The smallest absolute Gasteiger partial charge is 0.0478 e. The molecule has 1 aliphatic heterocycles. The zero-order valence-corrected chi connectivity index (χ0v) is 9.49. The van der Waals surface area contributed by atoms with E-state index in [-0.39, 0.29) is 0 Å². The molecule has 1 aliphatic rings. The molecule has 0 atom stereocenters. The molecule has 0 aliphatic carbocycles. The lowest BCUT2D eigenvalue weighted by molar-refractivity contribution is 0.390. The van der Waals surface area contributed by atoms with Gasteiger partial charge in [0.2, 0.25) is 0 Å². The molecule has 2 heterocycles. The monoisotopic (exact) mass is 210 g/mol. The van der Waals surface area contributed by atoms with Gasteiger partial charge in [0.25, 0.3) is 0 Å². The maximum atomic E-state index is 3.55. The van der Waals surface area contributed by atoms with Gasteiger partial charge < -0.3 is 10.6 Å². The molecular formula is C11H18N2S. The summed E-state index contributed by atoms with van der Waals surface area (Å²) in [6, 6.07) is 2.18. The number of rotatable bonds is 3. The van der Waals surface area contributed by atoms with Gasteiger partial charge in [0.15, 0.2) is 0 Å². The fraction of sp³-hybridized carbons (Fsp3) is 0.636. The minimum absolute atomic E-state index is 0.857. The summed E-state index contributed by atoms with van der Waals surface area (Å²) in [7, 11) is 0. The van der Waals surface area contributed by atoms with Gasteiger partial charge in [0.1, 0.15) is 0 Å². The molecule has 2 nitrogen and oxygen atoms in total. The van der Waals surface area contributed by atoms with Gasteiger partial charge in [-0.25, -0.2) is 0 Å². The van der Waals surface area contributed by atoms with Crippen LogP contribution in [0.3, 0.4) is 0 Å². The average Bonchev–Trinajstić information content (AvgIpc) is 2.63. The van der Waals surface area contributed by atoms with Crippen LogP contribution in [-0.2, 0) is 0 Å². The average molecular weight is 210 g/mol. The van der Waals surface area contributed by atoms with E-state index in [2.05, 4.69) is 29.0 Å². The maximum Gasteiger partial charge on any atom is 0.0478 e. The Morgan fingerprint density at radius 2 is 2.29 bits per heavy atom. The molecular weight excluding hydrogens is 192 g/mol. The number of aryl methyl sites for hydroxylation is 1. The Balaban J connectivity index is 1.79. The van der Waals surface area contributed by atoms with Crippen LogP contribution in [-0.4, -0.2) is 19.6 Å². The molecule has 0 radical (unpaired) electrons. The fourth-order valence-electron chi connectivity index (χ4n) is 1.91. The van der Waals surface area contributed by atoms with Gasteiger partial charge in [-0.05, 0) is 50.2 Å². The number of anilines is 1. The third kappa shape index (κ3) is 2.49. The standard InChI is InChI=1S/C11H18N2S/c1-9-11(4-7-14-9)13-8-10-2-5-12-6-3-10/h4,7,10,12-13H,2-3,5-6,8H2,1H3. The van der Waals surface area contributed by atoms with Gasteiger partial charge in [-0.2, -0.15) is 0 Å². The first-order valence-corrected chi connectivity index (χ1v) is 6.23. The highest BCUT2D eigenvalue weighted by Gasteiger charge is 2.12. The highest BCUT2D eigenvalue weighted by atomic mass is 32.1. The molecule has 2 N–H and O–H groups in total. The van der Waals surface area contributed by atoms with E-state index in [1.165, 1.54) is 36.5 Å². The van der Waals surface area contributed by atoms with Crippen molar-refractivity contribution < 1.29 is 0 Å². The molecule has 0 saturated carbocycles. The van der Waals surface area contributed by atoms with Crippen LogP contribution in [0, 0.1) is 12.8 Å². The summed E-state index contributed by atoms with van der Waals surface area (Å²) < 4.78 is 0. The summed E-state index contributed by atoms with van der Waals surface area (Å²) in [6.07, 6.45) is 2.63. The largest absolute Gasteiger partial charge is 0.384 e. The van der Waals surface area contributed by atoms with Gasteiger partial charge in [-0.3, -0.25) is 0 Å². The minimum Gasteiger partial charge on any atom is -0.384 e. The lowest BCUT2D eigenvalue weighted by Crippen LogP contribution is -2.31. The summed E-state index contributed by atoms with van der Waals surface area (Å²) in [4.78, 5) is 1.40. The van der Waals surface area contributed by atoms with Crippen molar-refractivity contribution in [2.24, 2.45) is 5.92 Å². The molecule has 78 valence electrons. The minimum atomic E-state index is 0.857. The van der Waals surface area contributed by atoms with E-state index in [0.29, 0.717) is 0 Å². The van der Waals surface area contributed by atoms with Crippen LogP contribution in [0.5, 0.6) is 0 Å². The Hall–Kier alpha value is -0.540. The second-order valence-corrected chi connectivity index (χ2v) is 5.08. The van der Waals surface area contributed by atoms with Crippen molar-refractivity contribution in [1.82, 2.24) is 5.32 Å². The van der Waals surface area contributed by atoms with Crippen LogP contribution in [0.4, 0.5) is 5.69 Å². The zero-order valence-electron chi connectivity index (χ0n) is 8.68. The van der Waals surface area contributed by atoms with Crippen LogP contribution in [0.2, 0.25) is 0 Å². The van der Waals surface area contributed by atoms with Crippen LogP contribution in [0.25, 0.3) is 0 Å². The van der Waals surface area contributed by atoms with E-state index in [4.69, 9.17) is 0 Å². The third-order valence-electron chi connectivity index (χ3n) is 2.90. The van der Waals surface area contributed by atoms with Crippen molar-refractivity contribution in [2.75, 3.05) is 25.0 Å². The molecule has 1 aromatic heterocycles. The van der Waals surface area contributed by atoms with Crippen LogP contribution >= 0.6 is 11.3 Å². The molecule has 3 heteroatoms. The number of nitrogens with one attached hydrogen (secondary N) is 2. The molecule has 2 rings (SSSR count).